The Hall–Kier alpha value is 0.0600. The fourth-order valence-corrected chi connectivity index (χ4v) is 7.75. The standard InChI is InChI=1S/C21H21I4NO5/c1-9(27)30-18-13(23)7-11(8-14(18)24)31-19-12(22)5-10(6-15(26)20(28)29)16(17(19)25)21(2,3)4/h5,7-8,15H,6,26H2,1-4H3,(H,28,29). The predicted octanol–water partition coefficient (Wildman–Crippen LogP) is 6.07. The lowest BCUT2D eigenvalue weighted by molar-refractivity contribution is -0.138. The number of carboxylic acids is 1. The summed E-state index contributed by atoms with van der Waals surface area (Å²) in [4.78, 5) is 22.7. The van der Waals surface area contributed by atoms with Gasteiger partial charge < -0.3 is 20.3 Å². The minimum Gasteiger partial charge on any atom is -0.480 e. The largest absolute Gasteiger partial charge is 0.480 e. The van der Waals surface area contributed by atoms with Crippen molar-refractivity contribution in [3.05, 3.63) is 43.6 Å². The van der Waals surface area contributed by atoms with Gasteiger partial charge in [-0.3, -0.25) is 9.59 Å². The fraction of sp³-hybridized carbons (Fsp3) is 0.333. The summed E-state index contributed by atoms with van der Waals surface area (Å²) < 4.78 is 14.9. The quantitative estimate of drug-likeness (QED) is 0.208. The second-order valence-corrected chi connectivity index (χ2v) is 12.4. The van der Waals surface area contributed by atoms with Crippen LogP contribution in [-0.2, 0) is 21.4 Å². The molecule has 0 bridgehead atoms. The lowest BCUT2D eigenvalue weighted by atomic mass is 9.82. The van der Waals surface area contributed by atoms with Crippen LogP contribution in [-0.4, -0.2) is 23.1 Å². The van der Waals surface area contributed by atoms with E-state index in [4.69, 9.17) is 15.2 Å². The smallest absolute Gasteiger partial charge is 0.320 e. The highest BCUT2D eigenvalue weighted by Gasteiger charge is 2.28. The number of esters is 1. The maximum atomic E-state index is 11.4. The number of aliphatic carboxylic acids is 1. The molecule has 1 atom stereocenters. The van der Waals surface area contributed by atoms with Crippen molar-refractivity contribution in [3.63, 3.8) is 0 Å². The number of carboxylic acid groups (broad SMARTS) is 1. The van der Waals surface area contributed by atoms with Crippen molar-refractivity contribution in [1.82, 2.24) is 0 Å². The van der Waals surface area contributed by atoms with Gasteiger partial charge in [-0.2, -0.15) is 0 Å². The summed E-state index contributed by atoms with van der Waals surface area (Å²) in [5.41, 5.74) is 7.51. The number of hydrogen-bond donors (Lipinski definition) is 2. The van der Waals surface area contributed by atoms with Gasteiger partial charge in [0.05, 0.1) is 14.3 Å². The van der Waals surface area contributed by atoms with Gasteiger partial charge in [-0.1, -0.05) is 20.8 Å². The minimum atomic E-state index is -1.03. The molecule has 0 saturated carbocycles. The van der Waals surface area contributed by atoms with Gasteiger partial charge in [0.1, 0.15) is 11.8 Å². The molecule has 3 N–H and O–H groups in total. The minimum absolute atomic E-state index is 0.237. The molecule has 2 aromatic rings. The molecule has 10 heteroatoms. The van der Waals surface area contributed by atoms with E-state index in [9.17, 15) is 14.7 Å². The van der Waals surface area contributed by atoms with Crippen molar-refractivity contribution in [3.8, 4) is 17.2 Å². The molecule has 0 aromatic heterocycles. The van der Waals surface area contributed by atoms with Crippen LogP contribution in [0.1, 0.15) is 38.8 Å². The number of benzene rings is 2. The van der Waals surface area contributed by atoms with Crippen LogP contribution in [0.3, 0.4) is 0 Å². The average molecular weight is 875 g/mol. The SMILES string of the molecule is CC(=O)Oc1c(I)cc(Oc2c(I)cc(CC(N)C(=O)O)c(C(C)(C)C)c2I)cc1I. The molecule has 0 amide bonds. The van der Waals surface area contributed by atoms with Gasteiger partial charge in [-0.05, 0) is 132 Å². The molecule has 0 fully saturated rings. The first-order chi connectivity index (χ1) is 14.2. The van der Waals surface area contributed by atoms with Gasteiger partial charge in [0.15, 0.2) is 11.5 Å². The molecule has 0 saturated heterocycles. The summed E-state index contributed by atoms with van der Waals surface area (Å²) in [6.07, 6.45) is 0.237. The Morgan fingerprint density at radius 3 is 2.00 bits per heavy atom. The third kappa shape index (κ3) is 7.02. The monoisotopic (exact) mass is 875 g/mol. The van der Waals surface area contributed by atoms with Crippen molar-refractivity contribution < 1.29 is 24.2 Å². The Morgan fingerprint density at radius 2 is 1.55 bits per heavy atom. The van der Waals surface area contributed by atoms with Crippen LogP contribution in [0.4, 0.5) is 0 Å². The maximum Gasteiger partial charge on any atom is 0.320 e. The third-order valence-electron chi connectivity index (χ3n) is 4.20. The molecule has 6 nitrogen and oxygen atoms in total. The van der Waals surface area contributed by atoms with Crippen LogP contribution in [0, 0.1) is 14.3 Å². The molecule has 0 aliphatic heterocycles. The number of rotatable bonds is 6. The number of hydrogen-bond acceptors (Lipinski definition) is 5. The van der Waals surface area contributed by atoms with E-state index in [0.29, 0.717) is 17.2 Å². The number of carbonyl (C=O) groups excluding carboxylic acids is 1. The Bertz CT molecular complexity index is 1010. The first-order valence-electron chi connectivity index (χ1n) is 9.07. The summed E-state index contributed by atoms with van der Waals surface area (Å²) in [6.45, 7) is 7.61. The average Bonchev–Trinajstić information content (AvgIpc) is 2.60. The number of halogens is 4. The van der Waals surface area contributed by atoms with Gasteiger partial charge in [0.25, 0.3) is 0 Å². The lowest BCUT2D eigenvalue weighted by Gasteiger charge is -2.27. The number of nitrogens with two attached hydrogens (primary N) is 1. The molecule has 0 radical (unpaired) electrons. The van der Waals surface area contributed by atoms with Crippen LogP contribution in [0.15, 0.2) is 18.2 Å². The van der Waals surface area contributed by atoms with Crippen molar-refractivity contribution in [2.24, 2.45) is 5.73 Å². The molecule has 2 aromatic carbocycles. The summed E-state index contributed by atoms with van der Waals surface area (Å²) in [5, 5.41) is 9.27. The van der Waals surface area contributed by atoms with Crippen molar-refractivity contribution in [1.29, 1.82) is 0 Å². The van der Waals surface area contributed by atoms with Crippen LogP contribution in [0.2, 0.25) is 0 Å². The summed E-state index contributed by atoms with van der Waals surface area (Å²) in [5.74, 6) is 0.431. The van der Waals surface area contributed by atoms with E-state index in [2.05, 4.69) is 111 Å². The second kappa shape index (κ2) is 11.0. The van der Waals surface area contributed by atoms with Crippen molar-refractivity contribution >= 4 is 102 Å². The van der Waals surface area contributed by atoms with Crippen LogP contribution < -0.4 is 15.2 Å². The normalized spacial score (nSPS) is 12.4. The van der Waals surface area contributed by atoms with Gasteiger partial charge in [0, 0.05) is 6.92 Å². The van der Waals surface area contributed by atoms with Crippen LogP contribution >= 0.6 is 90.4 Å². The molecular weight excluding hydrogens is 854 g/mol. The first-order valence-corrected chi connectivity index (χ1v) is 13.4. The van der Waals surface area contributed by atoms with E-state index < -0.39 is 12.0 Å². The molecule has 168 valence electrons. The summed E-state index contributed by atoms with van der Waals surface area (Å²) in [6, 6.07) is 4.61. The van der Waals surface area contributed by atoms with E-state index in [1.54, 1.807) is 0 Å². The van der Waals surface area contributed by atoms with E-state index in [1.807, 2.05) is 18.2 Å². The van der Waals surface area contributed by atoms with Crippen LogP contribution in [0.5, 0.6) is 17.2 Å². The third-order valence-corrected chi connectivity index (χ3v) is 7.64. The Balaban J connectivity index is 2.56. The zero-order chi connectivity index (χ0) is 23.7. The predicted molar refractivity (Wildman–Crippen MR) is 153 cm³/mol. The van der Waals surface area contributed by atoms with Gasteiger partial charge in [0.2, 0.25) is 0 Å². The summed E-state index contributed by atoms with van der Waals surface area (Å²) in [7, 11) is 0. The molecule has 1 unspecified atom stereocenters. The zero-order valence-corrected chi connectivity index (χ0v) is 25.8. The zero-order valence-electron chi connectivity index (χ0n) is 17.2. The highest BCUT2D eigenvalue weighted by atomic mass is 127. The number of carbonyl (C=O) groups is 2. The highest BCUT2D eigenvalue weighted by Crippen LogP contribution is 2.42. The van der Waals surface area contributed by atoms with E-state index in [0.717, 1.165) is 25.4 Å². The van der Waals surface area contributed by atoms with Gasteiger partial charge in [-0.25, -0.2) is 0 Å². The topological polar surface area (TPSA) is 98.9 Å². The molecule has 0 heterocycles. The molecule has 0 spiro atoms. The Kier molecular flexibility index (Phi) is 9.68. The second-order valence-electron chi connectivity index (χ2n) is 7.85. The van der Waals surface area contributed by atoms with Gasteiger partial charge in [-0.15, -0.1) is 0 Å². The van der Waals surface area contributed by atoms with E-state index in [-0.39, 0.29) is 17.8 Å². The van der Waals surface area contributed by atoms with Crippen molar-refractivity contribution in [2.75, 3.05) is 0 Å². The molecular formula is C21H21I4NO5. The maximum absolute atomic E-state index is 11.4. The molecule has 0 aliphatic rings. The van der Waals surface area contributed by atoms with E-state index >= 15 is 0 Å². The number of ether oxygens (including phenoxy) is 2. The van der Waals surface area contributed by atoms with E-state index in [1.165, 1.54) is 6.92 Å². The Morgan fingerprint density at radius 1 is 1.03 bits per heavy atom. The highest BCUT2D eigenvalue weighted by molar-refractivity contribution is 14.1. The molecule has 0 aliphatic carbocycles. The van der Waals surface area contributed by atoms with Crippen molar-refractivity contribution in [2.45, 2.75) is 45.6 Å². The Labute approximate surface area is 236 Å². The summed E-state index contributed by atoms with van der Waals surface area (Å²) >= 11 is 8.68. The van der Waals surface area contributed by atoms with Gasteiger partial charge >= 0.3 is 11.9 Å². The first kappa shape index (κ1) is 27.3. The molecule has 2 rings (SSSR count). The lowest BCUT2D eigenvalue weighted by Crippen LogP contribution is -2.33. The van der Waals surface area contributed by atoms with Crippen LogP contribution in [0.25, 0.3) is 0 Å². The molecule has 31 heavy (non-hydrogen) atoms. The fourth-order valence-electron chi connectivity index (χ4n) is 2.99.